The first-order valence-corrected chi connectivity index (χ1v) is 5.34. The van der Waals surface area contributed by atoms with Crippen molar-refractivity contribution in [2.75, 3.05) is 7.11 Å². The molecule has 0 saturated heterocycles. The van der Waals surface area contributed by atoms with Crippen molar-refractivity contribution in [3.8, 4) is 5.75 Å². The monoisotopic (exact) mass is 221 g/mol. The molecule has 0 aliphatic heterocycles. The Hall–Kier alpha value is -1.51. The lowest BCUT2D eigenvalue weighted by atomic mass is 10.1. The summed E-state index contributed by atoms with van der Waals surface area (Å²) in [4.78, 5) is 0. The standard InChI is InChI=1S/C13H16FNO/c1-9-6-11(8-15-13(14)4-5-13)10(2)12(7-9)16-3/h6-8,15H,2,4-5H2,1,3H3/b11-8-. The fraction of sp³-hybridized carbons (Fsp3) is 0.385. The zero-order valence-corrected chi connectivity index (χ0v) is 9.64. The Bertz CT molecular complexity index is 505. The minimum Gasteiger partial charge on any atom is -0.496 e. The highest BCUT2D eigenvalue weighted by molar-refractivity contribution is 5.37. The molecule has 2 rings (SSSR count). The van der Waals surface area contributed by atoms with Crippen LogP contribution in [0.1, 0.15) is 18.4 Å². The van der Waals surface area contributed by atoms with Crippen LogP contribution in [0.25, 0.3) is 12.8 Å². The third-order valence-electron chi connectivity index (χ3n) is 2.78. The SMILES string of the molecule is C=c1c(OC)cc(C)c/c1=C/NC1(F)CC1. The fourth-order valence-electron chi connectivity index (χ4n) is 1.58. The first-order chi connectivity index (χ1) is 7.54. The van der Waals surface area contributed by atoms with Gasteiger partial charge in [0.05, 0.1) is 7.11 Å². The minimum atomic E-state index is -1.19. The number of benzene rings is 1. The van der Waals surface area contributed by atoms with Crippen LogP contribution >= 0.6 is 0 Å². The van der Waals surface area contributed by atoms with Crippen LogP contribution in [0.15, 0.2) is 12.1 Å². The number of rotatable bonds is 3. The van der Waals surface area contributed by atoms with Gasteiger partial charge in [-0.1, -0.05) is 6.58 Å². The van der Waals surface area contributed by atoms with Gasteiger partial charge >= 0.3 is 0 Å². The number of halogens is 1. The summed E-state index contributed by atoms with van der Waals surface area (Å²) in [6, 6.07) is 3.88. The van der Waals surface area contributed by atoms with Gasteiger partial charge in [-0.25, -0.2) is 4.39 Å². The van der Waals surface area contributed by atoms with E-state index in [0.717, 1.165) is 21.8 Å². The van der Waals surface area contributed by atoms with E-state index in [0.29, 0.717) is 12.8 Å². The molecule has 3 heteroatoms. The molecule has 16 heavy (non-hydrogen) atoms. The van der Waals surface area contributed by atoms with E-state index in [1.807, 2.05) is 19.1 Å². The first-order valence-electron chi connectivity index (χ1n) is 5.34. The molecular weight excluding hydrogens is 205 g/mol. The number of hydrogen-bond donors (Lipinski definition) is 1. The van der Waals surface area contributed by atoms with E-state index in [1.54, 1.807) is 13.3 Å². The number of ether oxygens (including phenoxy) is 1. The maximum absolute atomic E-state index is 13.4. The molecule has 0 heterocycles. The summed E-state index contributed by atoms with van der Waals surface area (Å²) >= 11 is 0. The Labute approximate surface area is 94.4 Å². The van der Waals surface area contributed by atoms with Gasteiger partial charge in [-0.05, 0) is 24.6 Å². The van der Waals surface area contributed by atoms with Gasteiger partial charge in [0.25, 0.3) is 0 Å². The molecule has 0 atom stereocenters. The average Bonchev–Trinajstić information content (AvgIpc) is 2.98. The predicted octanol–water partition coefficient (Wildman–Crippen LogP) is 1.20. The zero-order chi connectivity index (χ0) is 11.8. The lowest BCUT2D eigenvalue weighted by Gasteiger charge is -2.06. The smallest absolute Gasteiger partial charge is 0.180 e. The van der Waals surface area contributed by atoms with E-state index in [-0.39, 0.29) is 0 Å². The van der Waals surface area contributed by atoms with Crippen molar-refractivity contribution >= 4 is 12.8 Å². The lowest BCUT2D eigenvalue weighted by Crippen LogP contribution is -2.31. The van der Waals surface area contributed by atoms with Gasteiger partial charge in [-0.3, -0.25) is 0 Å². The van der Waals surface area contributed by atoms with Gasteiger partial charge in [-0.15, -0.1) is 0 Å². The van der Waals surface area contributed by atoms with Crippen LogP contribution in [-0.4, -0.2) is 12.9 Å². The van der Waals surface area contributed by atoms with Gasteiger partial charge in [-0.2, -0.15) is 0 Å². The van der Waals surface area contributed by atoms with E-state index in [4.69, 9.17) is 4.74 Å². The van der Waals surface area contributed by atoms with Gasteiger partial charge in [0, 0.05) is 29.5 Å². The molecule has 0 unspecified atom stereocenters. The largest absolute Gasteiger partial charge is 0.496 e. The number of methoxy groups -OCH3 is 1. The van der Waals surface area contributed by atoms with E-state index < -0.39 is 5.79 Å². The molecule has 2 nitrogen and oxygen atoms in total. The number of nitrogens with one attached hydrogen (secondary N) is 1. The molecule has 0 amide bonds. The molecule has 1 fully saturated rings. The second kappa shape index (κ2) is 3.81. The minimum absolute atomic E-state index is 0.582. The Balaban J connectivity index is 2.39. The van der Waals surface area contributed by atoms with E-state index in [1.165, 1.54) is 0 Å². The zero-order valence-electron chi connectivity index (χ0n) is 9.64. The third-order valence-corrected chi connectivity index (χ3v) is 2.78. The summed E-state index contributed by atoms with van der Waals surface area (Å²) in [5.41, 5.74) is 1.07. The Morgan fingerprint density at radius 2 is 2.19 bits per heavy atom. The molecule has 0 radical (unpaired) electrons. The lowest BCUT2D eigenvalue weighted by molar-refractivity contribution is 0.284. The van der Waals surface area contributed by atoms with Gasteiger partial charge in [0.2, 0.25) is 0 Å². The van der Waals surface area contributed by atoms with Crippen molar-refractivity contribution in [2.45, 2.75) is 25.6 Å². The molecule has 1 aliphatic carbocycles. The quantitative estimate of drug-likeness (QED) is 0.774. The number of aryl methyl sites for hydroxylation is 1. The van der Waals surface area contributed by atoms with Crippen LogP contribution in [0.5, 0.6) is 5.75 Å². The fourth-order valence-corrected chi connectivity index (χ4v) is 1.58. The molecule has 1 N–H and O–H groups in total. The van der Waals surface area contributed by atoms with Crippen molar-refractivity contribution in [3.05, 3.63) is 28.1 Å². The summed E-state index contributed by atoms with van der Waals surface area (Å²) in [5, 5.41) is 4.44. The van der Waals surface area contributed by atoms with Crippen molar-refractivity contribution in [3.63, 3.8) is 0 Å². The highest BCUT2D eigenvalue weighted by atomic mass is 19.1. The Morgan fingerprint density at radius 3 is 2.75 bits per heavy atom. The van der Waals surface area contributed by atoms with Crippen LogP contribution in [0.2, 0.25) is 0 Å². The second-order valence-electron chi connectivity index (χ2n) is 4.29. The molecule has 0 bridgehead atoms. The average molecular weight is 221 g/mol. The van der Waals surface area contributed by atoms with Crippen molar-refractivity contribution < 1.29 is 9.13 Å². The molecule has 1 aromatic rings. The van der Waals surface area contributed by atoms with Crippen molar-refractivity contribution in [2.24, 2.45) is 0 Å². The van der Waals surface area contributed by atoms with E-state index >= 15 is 0 Å². The van der Waals surface area contributed by atoms with E-state index in [9.17, 15) is 4.39 Å². The molecule has 0 aromatic heterocycles. The van der Waals surface area contributed by atoms with Crippen LogP contribution in [-0.2, 0) is 0 Å². The number of hydrogen-bond acceptors (Lipinski definition) is 2. The van der Waals surface area contributed by atoms with Crippen molar-refractivity contribution in [1.82, 2.24) is 5.32 Å². The maximum Gasteiger partial charge on any atom is 0.180 e. The van der Waals surface area contributed by atoms with Crippen molar-refractivity contribution in [1.29, 1.82) is 0 Å². The molecule has 1 aliphatic rings. The second-order valence-corrected chi connectivity index (χ2v) is 4.29. The normalized spacial score (nSPS) is 18.3. The van der Waals surface area contributed by atoms with Gasteiger partial charge in [0.15, 0.2) is 5.79 Å². The van der Waals surface area contributed by atoms with E-state index in [2.05, 4.69) is 11.9 Å². The summed E-state index contributed by atoms with van der Waals surface area (Å²) in [7, 11) is 1.61. The van der Waals surface area contributed by atoms with Crippen LogP contribution in [0.3, 0.4) is 0 Å². The summed E-state index contributed by atoms with van der Waals surface area (Å²) in [5.74, 6) is -0.458. The highest BCUT2D eigenvalue weighted by Gasteiger charge is 2.42. The Morgan fingerprint density at radius 1 is 1.50 bits per heavy atom. The summed E-state index contributed by atoms with van der Waals surface area (Å²) in [6.07, 6.45) is 2.85. The third kappa shape index (κ3) is 2.18. The number of alkyl halides is 1. The predicted molar refractivity (Wildman–Crippen MR) is 63.2 cm³/mol. The van der Waals surface area contributed by atoms with Crippen LogP contribution < -0.4 is 20.5 Å². The van der Waals surface area contributed by atoms with Crippen LogP contribution in [0.4, 0.5) is 4.39 Å². The van der Waals surface area contributed by atoms with Gasteiger partial charge in [0.1, 0.15) is 5.75 Å². The van der Waals surface area contributed by atoms with Crippen LogP contribution in [0, 0.1) is 6.92 Å². The molecule has 0 spiro atoms. The molecule has 1 saturated carbocycles. The highest BCUT2D eigenvalue weighted by Crippen LogP contribution is 2.36. The summed E-state index contributed by atoms with van der Waals surface area (Å²) in [6.45, 7) is 5.91. The van der Waals surface area contributed by atoms with Gasteiger partial charge < -0.3 is 10.1 Å². The topological polar surface area (TPSA) is 21.3 Å². The molecule has 86 valence electrons. The molecule has 1 aromatic carbocycles. The Kier molecular flexibility index (Phi) is 2.62. The maximum atomic E-state index is 13.4. The molecular formula is C13H16FNO. The first kappa shape index (κ1) is 11.0. The summed E-state index contributed by atoms with van der Waals surface area (Å²) < 4.78 is 18.6.